The average Bonchev–Trinajstić information content (AvgIpc) is 2.98. The zero-order chi connectivity index (χ0) is 29.5. The van der Waals surface area contributed by atoms with Crippen LogP contribution in [-0.2, 0) is 36.8 Å². The Bertz CT molecular complexity index is 1300. The average molecular weight is 558 g/mol. The standard InChI is InChI=1S/C31H35N5O5/c32-27(37)18-17-25(30(40)34-24-14-8-3-9-15-24)36-31(41)26(20-23-12-6-2-7-13-23)35-29(39)21-33-28(38)19-16-22-10-4-1-5-11-22/h1-15,25-26H,16-21H2,(H2,32,37)(H,33,38)(H,34,40)(H,35,39)(H,36,41)/t25-,26-/m0/s1. The van der Waals surface area contributed by atoms with Crippen molar-refractivity contribution in [2.24, 2.45) is 5.73 Å². The molecule has 0 radical (unpaired) electrons. The molecule has 2 atom stereocenters. The Balaban J connectivity index is 1.64. The maximum atomic E-state index is 13.4. The van der Waals surface area contributed by atoms with Crippen molar-refractivity contribution in [3.8, 4) is 0 Å². The molecule has 0 fully saturated rings. The molecule has 214 valence electrons. The number of benzene rings is 3. The highest BCUT2D eigenvalue weighted by Gasteiger charge is 2.27. The van der Waals surface area contributed by atoms with Crippen LogP contribution in [0.2, 0.25) is 0 Å². The van der Waals surface area contributed by atoms with Crippen LogP contribution in [0.1, 0.15) is 30.4 Å². The lowest BCUT2D eigenvalue weighted by Gasteiger charge is -2.23. The summed E-state index contributed by atoms with van der Waals surface area (Å²) in [4.78, 5) is 62.8. The molecule has 41 heavy (non-hydrogen) atoms. The third-order valence-corrected chi connectivity index (χ3v) is 6.22. The van der Waals surface area contributed by atoms with Gasteiger partial charge in [0.1, 0.15) is 12.1 Å². The number of para-hydroxylation sites is 1. The van der Waals surface area contributed by atoms with Crippen molar-refractivity contribution in [3.63, 3.8) is 0 Å². The zero-order valence-corrected chi connectivity index (χ0v) is 22.7. The van der Waals surface area contributed by atoms with Gasteiger partial charge in [-0.3, -0.25) is 24.0 Å². The van der Waals surface area contributed by atoms with E-state index in [1.807, 2.05) is 60.7 Å². The molecular formula is C31H35N5O5. The molecule has 0 heterocycles. The molecule has 6 N–H and O–H groups in total. The van der Waals surface area contributed by atoms with Crippen LogP contribution in [0.3, 0.4) is 0 Å². The van der Waals surface area contributed by atoms with Crippen LogP contribution >= 0.6 is 0 Å². The van der Waals surface area contributed by atoms with E-state index in [1.54, 1.807) is 30.3 Å². The quantitative estimate of drug-likeness (QED) is 0.193. The lowest BCUT2D eigenvalue weighted by molar-refractivity contribution is -0.131. The predicted molar refractivity (Wildman–Crippen MR) is 155 cm³/mol. The number of amides is 5. The normalized spacial score (nSPS) is 11.9. The summed E-state index contributed by atoms with van der Waals surface area (Å²) in [5.74, 6) is -2.61. The number of hydrogen-bond acceptors (Lipinski definition) is 5. The Morgan fingerprint density at radius 3 is 1.83 bits per heavy atom. The predicted octanol–water partition coefficient (Wildman–Crippen LogP) is 1.85. The highest BCUT2D eigenvalue weighted by Crippen LogP contribution is 2.09. The number of carbonyl (C=O) groups is 5. The molecule has 0 aliphatic rings. The maximum Gasteiger partial charge on any atom is 0.246 e. The molecule has 0 saturated heterocycles. The van der Waals surface area contributed by atoms with Crippen molar-refractivity contribution in [3.05, 3.63) is 102 Å². The van der Waals surface area contributed by atoms with E-state index in [1.165, 1.54) is 0 Å². The first-order chi connectivity index (χ1) is 19.8. The Morgan fingerprint density at radius 2 is 1.22 bits per heavy atom. The summed E-state index contributed by atoms with van der Waals surface area (Å²) in [7, 11) is 0. The Kier molecular flexibility index (Phi) is 12.1. The van der Waals surface area contributed by atoms with Gasteiger partial charge in [0, 0.05) is 24.9 Å². The van der Waals surface area contributed by atoms with Crippen LogP contribution in [0.15, 0.2) is 91.0 Å². The zero-order valence-electron chi connectivity index (χ0n) is 22.7. The smallest absolute Gasteiger partial charge is 0.246 e. The summed E-state index contributed by atoms with van der Waals surface area (Å²) < 4.78 is 0. The molecule has 10 nitrogen and oxygen atoms in total. The van der Waals surface area contributed by atoms with Gasteiger partial charge in [-0.25, -0.2) is 0 Å². The monoisotopic (exact) mass is 557 g/mol. The minimum atomic E-state index is -1.08. The number of primary amides is 1. The summed E-state index contributed by atoms with van der Waals surface area (Å²) in [5.41, 5.74) is 7.60. The first-order valence-corrected chi connectivity index (χ1v) is 13.4. The van der Waals surface area contributed by atoms with Crippen molar-refractivity contribution in [2.45, 2.75) is 44.2 Å². The van der Waals surface area contributed by atoms with Gasteiger partial charge in [-0.05, 0) is 36.1 Å². The van der Waals surface area contributed by atoms with Gasteiger partial charge in [0.15, 0.2) is 0 Å². The van der Waals surface area contributed by atoms with E-state index >= 15 is 0 Å². The molecule has 10 heteroatoms. The topological polar surface area (TPSA) is 159 Å². The lowest BCUT2D eigenvalue weighted by Crippen LogP contribution is -2.54. The van der Waals surface area contributed by atoms with Gasteiger partial charge in [-0.2, -0.15) is 0 Å². The molecule has 0 aliphatic heterocycles. The molecule has 3 aromatic rings. The van der Waals surface area contributed by atoms with Crippen LogP contribution in [0.25, 0.3) is 0 Å². The second-order valence-corrected chi connectivity index (χ2v) is 9.49. The van der Waals surface area contributed by atoms with Crippen molar-refractivity contribution in [1.82, 2.24) is 16.0 Å². The summed E-state index contributed by atoms with van der Waals surface area (Å²) in [6, 6.07) is 25.1. The second-order valence-electron chi connectivity index (χ2n) is 9.49. The summed E-state index contributed by atoms with van der Waals surface area (Å²) in [6.07, 6.45) is 0.735. The van der Waals surface area contributed by atoms with Crippen LogP contribution in [-0.4, -0.2) is 48.2 Å². The van der Waals surface area contributed by atoms with E-state index in [0.717, 1.165) is 11.1 Å². The molecule has 0 spiro atoms. The lowest BCUT2D eigenvalue weighted by atomic mass is 10.0. The molecule has 5 amide bonds. The van der Waals surface area contributed by atoms with Gasteiger partial charge in [0.25, 0.3) is 0 Å². The molecule has 0 unspecified atom stereocenters. The Labute approximate surface area is 239 Å². The van der Waals surface area contributed by atoms with Gasteiger partial charge >= 0.3 is 0 Å². The van der Waals surface area contributed by atoms with Crippen LogP contribution in [0, 0.1) is 0 Å². The number of nitrogens with one attached hydrogen (secondary N) is 4. The van der Waals surface area contributed by atoms with E-state index in [0.29, 0.717) is 12.1 Å². The number of carbonyl (C=O) groups excluding carboxylic acids is 5. The SMILES string of the molecule is NC(=O)CC[C@H](NC(=O)[C@H](Cc1ccccc1)NC(=O)CNC(=O)CCc1ccccc1)C(=O)Nc1ccccc1. The fourth-order valence-electron chi connectivity index (χ4n) is 4.05. The third kappa shape index (κ3) is 11.3. The highest BCUT2D eigenvalue weighted by molar-refractivity contribution is 5.99. The second kappa shape index (κ2) is 16.2. The molecule has 3 rings (SSSR count). The van der Waals surface area contributed by atoms with E-state index < -0.39 is 35.7 Å². The van der Waals surface area contributed by atoms with E-state index in [9.17, 15) is 24.0 Å². The number of hydrogen-bond donors (Lipinski definition) is 5. The Morgan fingerprint density at radius 1 is 0.634 bits per heavy atom. The van der Waals surface area contributed by atoms with Crippen molar-refractivity contribution >= 4 is 35.2 Å². The van der Waals surface area contributed by atoms with Gasteiger partial charge in [-0.1, -0.05) is 78.9 Å². The minimum absolute atomic E-state index is 0.0246. The largest absolute Gasteiger partial charge is 0.370 e. The number of nitrogens with two attached hydrogens (primary N) is 1. The molecular weight excluding hydrogens is 522 g/mol. The number of aryl methyl sites for hydroxylation is 1. The van der Waals surface area contributed by atoms with Crippen LogP contribution < -0.4 is 27.0 Å². The fourth-order valence-corrected chi connectivity index (χ4v) is 4.05. The first-order valence-electron chi connectivity index (χ1n) is 13.4. The number of anilines is 1. The van der Waals surface area contributed by atoms with Gasteiger partial charge in [-0.15, -0.1) is 0 Å². The van der Waals surface area contributed by atoms with Crippen molar-refractivity contribution < 1.29 is 24.0 Å². The first kappa shape index (κ1) is 30.6. The summed E-state index contributed by atoms with van der Waals surface area (Å²) in [5, 5.41) is 10.6. The van der Waals surface area contributed by atoms with Gasteiger partial charge in [0.2, 0.25) is 29.5 Å². The molecule has 0 aromatic heterocycles. The third-order valence-electron chi connectivity index (χ3n) is 6.22. The van der Waals surface area contributed by atoms with Crippen molar-refractivity contribution in [1.29, 1.82) is 0 Å². The maximum absolute atomic E-state index is 13.4. The molecule has 0 saturated carbocycles. The van der Waals surface area contributed by atoms with E-state index in [-0.39, 0.29) is 38.1 Å². The van der Waals surface area contributed by atoms with Gasteiger partial charge in [0.05, 0.1) is 6.54 Å². The summed E-state index contributed by atoms with van der Waals surface area (Å²) in [6.45, 7) is -0.314. The van der Waals surface area contributed by atoms with E-state index in [4.69, 9.17) is 5.73 Å². The summed E-state index contributed by atoms with van der Waals surface area (Å²) >= 11 is 0. The Hall–Kier alpha value is -4.99. The number of rotatable bonds is 15. The highest BCUT2D eigenvalue weighted by atomic mass is 16.2. The van der Waals surface area contributed by atoms with Crippen molar-refractivity contribution in [2.75, 3.05) is 11.9 Å². The molecule has 0 bridgehead atoms. The fraction of sp³-hybridized carbons (Fsp3) is 0.258. The minimum Gasteiger partial charge on any atom is -0.370 e. The molecule has 3 aromatic carbocycles. The van der Waals surface area contributed by atoms with Crippen LogP contribution in [0.5, 0.6) is 0 Å². The van der Waals surface area contributed by atoms with E-state index in [2.05, 4.69) is 21.3 Å². The van der Waals surface area contributed by atoms with Crippen LogP contribution in [0.4, 0.5) is 5.69 Å². The molecule has 0 aliphatic carbocycles. The van der Waals surface area contributed by atoms with Gasteiger partial charge < -0.3 is 27.0 Å².